The summed E-state index contributed by atoms with van der Waals surface area (Å²) >= 11 is 1.25. The summed E-state index contributed by atoms with van der Waals surface area (Å²) in [6.45, 7) is 1.14. The molecule has 4 aromatic rings. The minimum Gasteiger partial charge on any atom is -0.486 e. The maximum Gasteiger partial charge on any atom is 0.262 e. The number of benzene rings is 3. The Morgan fingerprint density at radius 3 is 2.60 bits per heavy atom. The maximum absolute atomic E-state index is 13.4. The molecular weight excluding hydrogens is 462 g/mol. The molecule has 1 atom stereocenters. The van der Waals surface area contributed by atoms with Crippen molar-refractivity contribution in [3.63, 3.8) is 0 Å². The van der Waals surface area contributed by atoms with Crippen LogP contribution in [0.2, 0.25) is 0 Å². The molecule has 0 bridgehead atoms. The molecule has 1 amide bonds. The van der Waals surface area contributed by atoms with E-state index >= 15 is 0 Å². The van der Waals surface area contributed by atoms with Gasteiger partial charge in [0.15, 0.2) is 22.8 Å². The van der Waals surface area contributed by atoms with Gasteiger partial charge in [-0.25, -0.2) is 4.98 Å². The molecule has 5 rings (SSSR count). The molecule has 2 heterocycles. The minimum atomic E-state index is -0.357. The lowest BCUT2D eigenvalue weighted by atomic mass is 10.1. The van der Waals surface area contributed by atoms with Crippen molar-refractivity contribution in [2.45, 2.75) is 24.2 Å². The molecule has 0 radical (unpaired) electrons. The topological polar surface area (TPSA) is 82.5 Å². The first-order valence-electron chi connectivity index (χ1n) is 11.5. The molecule has 178 valence electrons. The van der Waals surface area contributed by atoms with Crippen LogP contribution in [0.15, 0.2) is 88.8 Å². The standard InChI is InChI=1S/C27H25N3O4S/c31-25(28-15-14-19-8-2-1-3-9-19)18-35-27-29-22-11-5-4-10-21(22)26(32)30(27)16-20-17-33-23-12-6-7-13-24(23)34-20/h1-13,20H,14-18H2,(H,28,31). The fraction of sp³-hybridized carbons (Fsp3) is 0.222. The second kappa shape index (κ2) is 10.7. The van der Waals surface area contributed by atoms with Gasteiger partial charge in [0.25, 0.3) is 5.56 Å². The van der Waals surface area contributed by atoms with Gasteiger partial charge in [-0.2, -0.15) is 0 Å². The average molecular weight is 488 g/mol. The van der Waals surface area contributed by atoms with Gasteiger partial charge in [0.2, 0.25) is 5.91 Å². The first kappa shape index (κ1) is 23.0. The highest BCUT2D eigenvalue weighted by atomic mass is 32.2. The molecule has 0 saturated carbocycles. The van der Waals surface area contributed by atoms with Crippen molar-refractivity contribution in [3.05, 3.63) is 94.8 Å². The molecule has 0 saturated heterocycles. The predicted octanol–water partition coefficient (Wildman–Crippen LogP) is 3.69. The number of amides is 1. The van der Waals surface area contributed by atoms with Crippen LogP contribution in [0.4, 0.5) is 0 Å². The molecule has 7 nitrogen and oxygen atoms in total. The van der Waals surface area contributed by atoms with E-state index in [-0.39, 0.29) is 29.9 Å². The van der Waals surface area contributed by atoms with Crippen molar-refractivity contribution < 1.29 is 14.3 Å². The molecule has 1 unspecified atom stereocenters. The Balaban J connectivity index is 1.30. The van der Waals surface area contributed by atoms with E-state index < -0.39 is 0 Å². The molecular formula is C27H25N3O4S. The van der Waals surface area contributed by atoms with Crippen LogP contribution in [0.25, 0.3) is 10.9 Å². The highest BCUT2D eigenvalue weighted by Crippen LogP contribution is 2.31. The molecule has 35 heavy (non-hydrogen) atoms. The molecule has 1 aliphatic heterocycles. The second-order valence-corrected chi connectivity index (χ2v) is 9.14. The Morgan fingerprint density at radius 2 is 1.74 bits per heavy atom. The van der Waals surface area contributed by atoms with Gasteiger partial charge in [0, 0.05) is 6.54 Å². The van der Waals surface area contributed by atoms with Gasteiger partial charge in [-0.3, -0.25) is 14.2 Å². The number of hydrogen-bond acceptors (Lipinski definition) is 6. The maximum atomic E-state index is 13.4. The lowest BCUT2D eigenvalue weighted by Crippen LogP contribution is -2.37. The third-order valence-corrected chi connectivity index (χ3v) is 6.67. The van der Waals surface area contributed by atoms with Gasteiger partial charge in [-0.05, 0) is 36.2 Å². The van der Waals surface area contributed by atoms with Crippen LogP contribution < -0.4 is 20.3 Å². The number of ether oxygens (including phenoxy) is 2. The quantitative estimate of drug-likeness (QED) is 0.302. The van der Waals surface area contributed by atoms with Gasteiger partial charge >= 0.3 is 0 Å². The Bertz CT molecular complexity index is 1390. The fourth-order valence-electron chi connectivity index (χ4n) is 3.95. The van der Waals surface area contributed by atoms with Crippen molar-refractivity contribution in [3.8, 4) is 11.5 Å². The van der Waals surface area contributed by atoms with Crippen LogP contribution in [0, 0.1) is 0 Å². The van der Waals surface area contributed by atoms with Crippen LogP contribution in [0.1, 0.15) is 5.56 Å². The third kappa shape index (κ3) is 5.49. The highest BCUT2D eigenvalue weighted by molar-refractivity contribution is 7.99. The first-order valence-corrected chi connectivity index (χ1v) is 12.5. The van der Waals surface area contributed by atoms with Crippen molar-refractivity contribution >= 4 is 28.6 Å². The van der Waals surface area contributed by atoms with E-state index in [1.54, 1.807) is 10.6 Å². The zero-order chi connectivity index (χ0) is 24.0. The van der Waals surface area contributed by atoms with Crippen molar-refractivity contribution in [2.75, 3.05) is 18.9 Å². The lowest BCUT2D eigenvalue weighted by molar-refractivity contribution is -0.118. The van der Waals surface area contributed by atoms with Crippen molar-refractivity contribution in [2.24, 2.45) is 0 Å². The summed E-state index contributed by atoms with van der Waals surface area (Å²) in [6, 6.07) is 24.7. The van der Waals surface area contributed by atoms with E-state index in [0.717, 1.165) is 6.42 Å². The Morgan fingerprint density at radius 1 is 1.00 bits per heavy atom. The molecule has 1 aliphatic rings. The van der Waals surface area contributed by atoms with Gasteiger partial charge in [-0.1, -0.05) is 66.4 Å². The number of carbonyl (C=O) groups excluding carboxylic acids is 1. The fourth-order valence-corrected chi connectivity index (χ4v) is 4.79. The van der Waals surface area contributed by atoms with Crippen molar-refractivity contribution in [1.29, 1.82) is 0 Å². The number of aromatic nitrogens is 2. The normalized spacial score (nSPS) is 14.6. The third-order valence-electron chi connectivity index (χ3n) is 5.69. The Hall–Kier alpha value is -3.78. The number of hydrogen-bond donors (Lipinski definition) is 1. The van der Waals surface area contributed by atoms with Gasteiger partial charge < -0.3 is 14.8 Å². The van der Waals surface area contributed by atoms with Crippen LogP contribution in [-0.2, 0) is 17.8 Å². The second-order valence-electron chi connectivity index (χ2n) is 8.20. The molecule has 3 aromatic carbocycles. The Labute approximate surface area is 207 Å². The van der Waals surface area contributed by atoms with E-state index in [0.29, 0.717) is 40.7 Å². The van der Waals surface area contributed by atoms with Gasteiger partial charge in [0.1, 0.15) is 6.61 Å². The molecule has 1 aromatic heterocycles. The number of nitrogens with one attached hydrogen (secondary N) is 1. The van der Waals surface area contributed by atoms with Gasteiger partial charge in [0.05, 0.1) is 23.2 Å². The molecule has 0 spiro atoms. The predicted molar refractivity (Wildman–Crippen MR) is 136 cm³/mol. The molecule has 0 fully saturated rings. The molecule has 8 heteroatoms. The largest absolute Gasteiger partial charge is 0.486 e. The number of thioether (sulfide) groups is 1. The zero-order valence-corrected chi connectivity index (χ0v) is 19.9. The van der Waals surface area contributed by atoms with E-state index in [2.05, 4.69) is 5.32 Å². The minimum absolute atomic E-state index is 0.105. The van der Waals surface area contributed by atoms with E-state index in [1.807, 2.05) is 72.8 Å². The van der Waals surface area contributed by atoms with Crippen LogP contribution in [-0.4, -0.2) is 40.5 Å². The Kier molecular flexibility index (Phi) is 6.99. The number of carbonyl (C=O) groups is 1. The van der Waals surface area contributed by atoms with Crippen LogP contribution >= 0.6 is 11.8 Å². The SMILES string of the molecule is O=C(CSc1nc2ccccc2c(=O)n1CC1COc2ccccc2O1)NCCc1ccccc1. The highest BCUT2D eigenvalue weighted by Gasteiger charge is 2.24. The average Bonchev–Trinajstić information content (AvgIpc) is 2.90. The summed E-state index contributed by atoms with van der Waals surface area (Å²) < 4.78 is 13.5. The van der Waals surface area contributed by atoms with E-state index in [4.69, 9.17) is 14.5 Å². The first-order chi connectivity index (χ1) is 17.2. The van der Waals surface area contributed by atoms with Gasteiger partial charge in [-0.15, -0.1) is 0 Å². The van der Waals surface area contributed by atoms with Crippen LogP contribution in [0.3, 0.4) is 0 Å². The van der Waals surface area contributed by atoms with Crippen LogP contribution in [0.5, 0.6) is 11.5 Å². The smallest absolute Gasteiger partial charge is 0.262 e. The number of nitrogens with zero attached hydrogens (tertiary/aromatic N) is 2. The molecule has 1 N–H and O–H groups in total. The number of para-hydroxylation sites is 3. The summed E-state index contributed by atoms with van der Waals surface area (Å²) in [7, 11) is 0. The lowest BCUT2D eigenvalue weighted by Gasteiger charge is -2.27. The summed E-state index contributed by atoms with van der Waals surface area (Å²) in [4.78, 5) is 30.6. The number of rotatable bonds is 8. The summed E-state index contributed by atoms with van der Waals surface area (Å²) in [5.74, 6) is 1.39. The zero-order valence-electron chi connectivity index (χ0n) is 19.1. The molecule has 0 aliphatic carbocycles. The summed E-state index contributed by atoms with van der Waals surface area (Å²) in [5.41, 5.74) is 1.61. The summed E-state index contributed by atoms with van der Waals surface area (Å²) in [6.07, 6.45) is 0.404. The monoisotopic (exact) mass is 487 g/mol. The van der Waals surface area contributed by atoms with E-state index in [1.165, 1.54) is 17.3 Å². The number of fused-ring (bicyclic) bond motifs is 2. The van der Waals surface area contributed by atoms with E-state index in [9.17, 15) is 9.59 Å². The van der Waals surface area contributed by atoms with Crippen molar-refractivity contribution in [1.82, 2.24) is 14.9 Å². The summed E-state index contributed by atoms with van der Waals surface area (Å²) in [5, 5.41) is 3.96.